The van der Waals surface area contributed by atoms with Gasteiger partial charge >= 0.3 is 5.43 Å². The zero-order valence-corrected chi connectivity index (χ0v) is 16.0. The van der Waals surface area contributed by atoms with E-state index >= 15 is 0 Å². The molecule has 0 amide bonds. The van der Waals surface area contributed by atoms with E-state index in [1.807, 2.05) is 35.0 Å². The lowest BCUT2D eigenvalue weighted by Gasteiger charge is -2.20. The lowest BCUT2D eigenvalue weighted by Crippen LogP contribution is -2.22. The summed E-state index contributed by atoms with van der Waals surface area (Å²) in [5.74, 6) is 0.373. The lowest BCUT2D eigenvalue weighted by atomic mass is 10.1. The summed E-state index contributed by atoms with van der Waals surface area (Å²) in [5, 5.41) is 6.75. The van der Waals surface area contributed by atoms with E-state index in [1.54, 1.807) is 12.1 Å². The first kappa shape index (κ1) is 17.4. The van der Waals surface area contributed by atoms with Gasteiger partial charge in [0.2, 0.25) is 0 Å². The number of nitrogen functional groups attached to an aromatic ring is 1. The summed E-state index contributed by atoms with van der Waals surface area (Å²) in [5.41, 5.74) is 8.98. The molecule has 0 atom stereocenters. The Morgan fingerprint density at radius 2 is 1.96 bits per heavy atom. The third-order valence-electron chi connectivity index (χ3n) is 4.39. The number of carbonyl (C=O) groups excluding carboxylic acids is 1. The molecule has 2 aromatic carbocycles. The van der Waals surface area contributed by atoms with Gasteiger partial charge in [-0.05, 0) is 57.2 Å². The third-order valence-corrected chi connectivity index (χ3v) is 4.46. The third kappa shape index (κ3) is 3.13. The molecule has 2 heterocycles. The van der Waals surface area contributed by atoms with Gasteiger partial charge in [0.15, 0.2) is 0 Å². The number of fused-ring (bicyclic) bond motifs is 2. The van der Waals surface area contributed by atoms with E-state index in [0.717, 1.165) is 33.2 Å². The van der Waals surface area contributed by atoms with E-state index in [1.165, 1.54) is 0 Å². The molecule has 2 aromatic heterocycles. The number of anilines is 1. The number of hydrogen-bond acceptors (Lipinski definition) is 4. The average molecular weight is 383 g/mol. The number of aromatic amines is 1. The zero-order valence-electron chi connectivity index (χ0n) is 15.2. The SMILES string of the molecule is CC(C)(C)n1nc(-c2cc3ccc(N)cc3[nH]2)c2cc(OC(=O)Cl)ccc21. The Bertz CT molecular complexity index is 1180. The van der Waals surface area contributed by atoms with Crippen LogP contribution in [-0.2, 0) is 5.54 Å². The molecule has 0 unspecified atom stereocenters. The fraction of sp³-hybridized carbons (Fsp3) is 0.200. The molecular formula is C20H19ClN4O2. The first-order valence-electron chi connectivity index (χ1n) is 8.51. The van der Waals surface area contributed by atoms with Crippen LogP contribution in [0.2, 0.25) is 0 Å². The molecule has 0 saturated carbocycles. The van der Waals surface area contributed by atoms with Crippen LogP contribution in [0, 0.1) is 0 Å². The van der Waals surface area contributed by atoms with Crippen molar-refractivity contribution in [2.45, 2.75) is 26.3 Å². The molecule has 6 nitrogen and oxygen atoms in total. The molecule has 0 aliphatic heterocycles. The van der Waals surface area contributed by atoms with Crippen molar-refractivity contribution in [1.29, 1.82) is 0 Å². The second-order valence-corrected chi connectivity index (χ2v) is 7.79. The van der Waals surface area contributed by atoms with Crippen molar-refractivity contribution >= 4 is 44.5 Å². The van der Waals surface area contributed by atoms with E-state index in [2.05, 4.69) is 25.8 Å². The lowest BCUT2D eigenvalue weighted by molar-refractivity contribution is 0.225. The van der Waals surface area contributed by atoms with Crippen LogP contribution in [-0.4, -0.2) is 20.2 Å². The van der Waals surface area contributed by atoms with Crippen molar-refractivity contribution in [3.05, 3.63) is 42.5 Å². The predicted octanol–water partition coefficient (Wildman–Crippen LogP) is 5.26. The number of carbonyl (C=O) groups is 1. The monoisotopic (exact) mass is 382 g/mol. The Morgan fingerprint density at radius 3 is 2.67 bits per heavy atom. The number of benzene rings is 2. The standard InChI is InChI=1S/C20H19ClN4O2/c1-20(2,3)25-17-7-6-13(27-19(21)26)10-14(17)18(24-25)16-8-11-4-5-12(22)9-15(11)23-16/h4-10,23H,22H2,1-3H3. The van der Waals surface area contributed by atoms with Crippen LogP contribution in [0.5, 0.6) is 5.75 Å². The van der Waals surface area contributed by atoms with Crippen LogP contribution >= 0.6 is 11.6 Å². The Kier molecular flexibility index (Phi) is 3.89. The normalized spacial score (nSPS) is 12.0. The number of H-pyrrole nitrogens is 1. The molecule has 4 aromatic rings. The van der Waals surface area contributed by atoms with Crippen LogP contribution in [0.15, 0.2) is 42.5 Å². The van der Waals surface area contributed by atoms with Gasteiger partial charge in [-0.3, -0.25) is 4.68 Å². The highest BCUT2D eigenvalue weighted by Gasteiger charge is 2.22. The van der Waals surface area contributed by atoms with Gasteiger partial charge in [0, 0.05) is 33.6 Å². The summed E-state index contributed by atoms with van der Waals surface area (Å²) < 4.78 is 7.01. The molecule has 7 heteroatoms. The van der Waals surface area contributed by atoms with Crippen LogP contribution in [0.1, 0.15) is 20.8 Å². The van der Waals surface area contributed by atoms with E-state index < -0.39 is 5.43 Å². The minimum Gasteiger partial charge on any atom is -0.414 e. The summed E-state index contributed by atoms with van der Waals surface area (Å²) in [6.07, 6.45) is 0. The molecule has 0 radical (unpaired) electrons. The van der Waals surface area contributed by atoms with Gasteiger partial charge in [0.05, 0.1) is 16.7 Å². The highest BCUT2D eigenvalue weighted by Crippen LogP contribution is 2.35. The average Bonchev–Trinajstić information content (AvgIpc) is 3.13. The van der Waals surface area contributed by atoms with Crippen LogP contribution in [0.4, 0.5) is 10.5 Å². The summed E-state index contributed by atoms with van der Waals surface area (Å²) in [6.45, 7) is 6.26. The number of nitrogens with zero attached hydrogens (tertiary/aromatic N) is 2. The maximum atomic E-state index is 11.1. The minimum absolute atomic E-state index is 0.225. The number of aromatic nitrogens is 3. The number of halogens is 1. The molecule has 27 heavy (non-hydrogen) atoms. The van der Waals surface area contributed by atoms with Crippen molar-refractivity contribution in [3.8, 4) is 17.1 Å². The Hall–Kier alpha value is -2.99. The van der Waals surface area contributed by atoms with Gasteiger partial charge in [-0.25, -0.2) is 4.79 Å². The van der Waals surface area contributed by atoms with Crippen molar-refractivity contribution < 1.29 is 9.53 Å². The molecular weight excluding hydrogens is 364 g/mol. The minimum atomic E-state index is -0.875. The van der Waals surface area contributed by atoms with Crippen molar-refractivity contribution in [3.63, 3.8) is 0 Å². The summed E-state index contributed by atoms with van der Waals surface area (Å²) in [4.78, 5) is 14.5. The van der Waals surface area contributed by atoms with E-state index in [-0.39, 0.29) is 5.54 Å². The van der Waals surface area contributed by atoms with Crippen molar-refractivity contribution in [2.24, 2.45) is 0 Å². The summed E-state index contributed by atoms with van der Waals surface area (Å²) in [7, 11) is 0. The fourth-order valence-electron chi connectivity index (χ4n) is 3.24. The first-order chi connectivity index (χ1) is 12.7. The van der Waals surface area contributed by atoms with E-state index in [4.69, 9.17) is 27.2 Å². The van der Waals surface area contributed by atoms with Gasteiger partial charge in [0.1, 0.15) is 11.4 Å². The molecule has 3 N–H and O–H groups in total. The molecule has 0 aliphatic carbocycles. The Morgan fingerprint density at radius 1 is 1.19 bits per heavy atom. The van der Waals surface area contributed by atoms with Gasteiger partial charge in [-0.1, -0.05) is 6.07 Å². The smallest absolute Gasteiger partial charge is 0.409 e. The molecule has 0 spiro atoms. The topological polar surface area (TPSA) is 85.9 Å². The largest absolute Gasteiger partial charge is 0.414 e. The second kappa shape index (κ2) is 6.03. The highest BCUT2D eigenvalue weighted by molar-refractivity contribution is 6.61. The Balaban J connectivity index is 1.97. The van der Waals surface area contributed by atoms with Crippen LogP contribution in [0.3, 0.4) is 0 Å². The van der Waals surface area contributed by atoms with Crippen molar-refractivity contribution in [1.82, 2.24) is 14.8 Å². The maximum Gasteiger partial charge on any atom is 0.409 e. The molecule has 0 fully saturated rings. The van der Waals surface area contributed by atoms with Gasteiger partial charge < -0.3 is 15.5 Å². The molecule has 0 bridgehead atoms. The molecule has 0 aliphatic rings. The number of nitrogens with one attached hydrogen (secondary N) is 1. The van der Waals surface area contributed by atoms with Gasteiger partial charge in [-0.2, -0.15) is 5.10 Å². The number of rotatable bonds is 2. The molecule has 4 rings (SSSR count). The predicted molar refractivity (Wildman–Crippen MR) is 108 cm³/mol. The van der Waals surface area contributed by atoms with Gasteiger partial charge in [0.25, 0.3) is 0 Å². The highest BCUT2D eigenvalue weighted by atomic mass is 35.5. The number of hydrogen-bond donors (Lipinski definition) is 2. The maximum absolute atomic E-state index is 11.1. The van der Waals surface area contributed by atoms with E-state index in [9.17, 15) is 4.79 Å². The second-order valence-electron chi connectivity index (χ2n) is 7.48. The number of nitrogens with two attached hydrogens (primary N) is 1. The van der Waals surface area contributed by atoms with E-state index in [0.29, 0.717) is 11.4 Å². The van der Waals surface area contributed by atoms with Crippen LogP contribution in [0.25, 0.3) is 33.2 Å². The quantitative estimate of drug-likeness (QED) is 0.365. The van der Waals surface area contributed by atoms with Crippen molar-refractivity contribution in [2.75, 3.05) is 5.73 Å². The van der Waals surface area contributed by atoms with Gasteiger partial charge in [-0.15, -0.1) is 0 Å². The molecule has 0 saturated heterocycles. The van der Waals surface area contributed by atoms with Crippen LogP contribution < -0.4 is 10.5 Å². The summed E-state index contributed by atoms with van der Waals surface area (Å²) >= 11 is 5.37. The summed E-state index contributed by atoms with van der Waals surface area (Å²) in [6, 6.07) is 13.1. The zero-order chi connectivity index (χ0) is 19.3. The molecule has 138 valence electrons. The number of ether oxygens (including phenoxy) is 1. The first-order valence-corrected chi connectivity index (χ1v) is 8.89. The fourth-order valence-corrected chi connectivity index (χ4v) is 3.33. The Labute approximate surface area is 160 Å².